The number of amides is 2. The predicted octanol–water partition coefficient (Wildman–Crippen LogP) is 3.05. The number of hydrogen-bond donors (Lipinski definition) is 1. The number of thiophene rings is 1. The summed E-state index contributed by atoms with van der Waals surface area (Å²) in [6, 6.07) is 11.4. The highest BCUT2D eigenvalue weighted by atomic mass is 32.1. The van der Waals surface area contributed by atoms with Gasteiger partial charge in [0.15, 0.2) is 0 Å². The summed E-state index contributed by atoms with van der Waals surface area (Å²) in [6.07, 6.45) is 0. The lowest BCUT2D eigenvalue weighted by molar-refractivity contribution is -0.124. The van der Waals surface area contributed by atoms with E-state index < -0.39 is 5.92 Å². The van der Waals surface area contributed by atoms with Gasteiger partial charge < -0.3 is 15.1 Å². The van der Waals surface area contributed by atoms with Gasteiger partial charge in [0.1, 0.15) is 0 Å². The molecule has 3 heterocycles. The maximum Gasteiger partial charge on any atom is 0.254 e. The van der Waals surface area contributed by atoms with Crippen LogP contribution in [-0.2, 0) is 4.79 Å². The Kier molecular flexibility index (Phi) is 7.28. The first kappa shape index (κ1) is 23.0. The first-order valence-corrected chi connectivity index (χ1v) is 12.5. The second-order valence-electron chi connectivity index (χ2n) is 9.31. The highest BCUT2D eigenvalue weighted by molar-refractivity contribution is 7.10. The van der Waals surface area contributed by atoms with Crippen molar-refractivity contribution in [2.24, 2.45) is 5.92 Å². The third kappa shape index (κ3) is 4.90. The molecule has 0 radical (unpaired) electrons. The maximum absolute atomic E-state index is 13.6. The molecule has 2 aromatic rings. The van der Waals surface area contributed by atoms with E-state index in [-0.39, 0.29) is 17.9 Å². The van der Waals surface area contributed by atoms with Crippen molar-refractivity contribution in [3.63, 3.8) is 0 Å². The van der Waals surface area contributed by atoms with Gasteiger partial charge in [-0.3, -0.25) is 14.5 Å². The van der Waals surface area contributed by atoms with Gasteiger partial charge >= 0.3 is 0 Å². The minimum atomic E-state index is -0.409. The highest BCUT2D eigenvalue weighted by Gasteiger charge is 2.44. The minimum absolute atomic E-state index is 0.00577. The zero-order chi connectivity index (χ0) is 22.7. The van der Waals surface area contributed by atoms with E-state index in [0.717, 1.165) is 43.2 Å². The third-order valence-corrected chi connectivity index (χ3v) is 7.38. The molecule has 2 atom stereocenters. The van der Waals surface area contributed by atoms with E-state index in [4.69, 9.17) is 0 Å². The second-order valence-corrected chi connectivity index (χ2v) is 10.3. The summed E-state index contributed by atoms with van der Waals surface area (Å²) in [5.41, 5.74) is 1.49. The van der Waals surface area contributed by atoms with Crippen LogP contribution >= 0.6 is 11.3 Å². The standard InChI is InChI=1S/C25H34N4O2S/c1-18(2)17-29-23(21-9-6-16-32-21)22(19-7-4-5-8-20(19)25(29)31)24(30)26-10-11-28-14-12-27(3)13-15-28/h4-9,16,18,22-23H,10-15,17H2,1-3H3,(H,26,30)/t22-,23-/m0/s1. The van der Waals surface area contributed by atoms with Crippen LogP contribution in [0.15, 0.2) is 41.8 Å². The van der Waals surface area contributed by atoms with Gasteiger partial charge in [0.25, 0.3) is 5.91 Å². The van der Waals surface area contributed by atoms with Crippen LogP contribution < -0.4 is 5.32 Å². The van der Waals surface area contributed by atoms with Crippen molar-refractivity contribution in [2.45, 2.75) is 25.8 Å². The Morgan fingerprint density at radius 3 is 2.56 bits per heavy atom. The number of hydrogen-bond acceptors (Lipinski definition) is 5. The Balaban J connectivity index is 1.58. The summed E-state index contributed by atoms with van der Waals surface area (Å²) in [6.45, 7) is 10.5. The number of benzene rings is 1. The number of nitrogens with one attached hydrogen (secondary N) is 1. The lowest BCUT2D eigenvalue weighted by atomic mass is 9.81. The Labute approximate surface area is 195 Å². The van der Waals surface area contributed by atoms with Crippen LogP contribution in [0.1, 0.15) is 46.6 Å². The number of nitrogens with zero attached hydrogens (tertiary/aromatic N) is 3. The fourth-order valence-corrected chi connectivity index (χ4v) is 5.64. The van der Waals surface area contributed by atoms with Gasteiger partial charge in [-0.25, -0.2) is 0 Å². The normalized spacial score (nSPS) is 22.2. The molecule has 0 saturated carbocycles. The summed E-state index contributed by atoms with van der Waals surface area (Å²) >= 11 is 1.62. The molecule has 2 aliphatic rings. The van der Waals surface area contributed by atoms with Gasteiger partial charge in [0, 0.05) is 56.3 Å². The van der Waals surface area contributed by atoms with Gasteiger partial charge in [0.05, 0.1) is 12.0 Å². The average molecular weight is 455 g/mol. The second kappa shape index (κ2) is 10.1. The fraction of sp³-hybridized carbons (Fsp3) is 0.520. The molecule has 4 rings (SSSR count). The Morgan fingerprint density at radius 1 is 1.12 bits per heavy atom. The molecule has 1 fully saturated rings. The Hall–Kier alpha value is -2.22. The van der Waals surface area contributed by atoms with Crippen molar-refractivity contribution >= 4 is 23.2 Å². The van der Waals surface area contributed by atoms with Crippen LogP contribution in [0.4, 0.5) is 0 Å². The number of carbonyl (C=O) groups is 2. The van der Waals surface area contributed by atoms with Gasteiger partial charge in [-0.15, -0.1) is 11.3 Å². The number of piperazine rings is 1. The number of fused-ring (bicyclic) bond motifs is 1. The van der Waals surface area contributed by atoms with E-state index >= 15 is 0 Å². The van der Waals surface area contributed by atoms with Crippen LogP contribution in [0.25, 0.3) is 0 Å². The molecule has 7 heteroatoms. The van der Waals surface area contributed by atoms with E-state index in [9.17, 15) is 9.59 Å². The number of rotatable bonds is 7. The number of likely N-dealkylation sites (N-methyl/N-ethyl adjacent to an activating group) is 1. The monoisotopic (exact) mass is 454 g/mol. The van der Waals surface area contributed by atoms with Crippen LogP contribution in [0.5, 0.6) is 0 Å². The van der Waals surface area contributed by atoms with E-state index in [1.807, 2.05) is 46.7 Å². The average Bonchev–Trinajstić information content (AvgIpc) is 3.31. The molecule has 0 aliphatic carbocycles. The van der Waals surface area contributed by atoms with Crippen LogP contribution in [-0.4, -0.2) is 79.4 Å². The summed E-state index contributed by atoms with van der Waals surface area (Å²) < 4.78 is 0. The smallest absolute Gasteiger partial charge is 0.254 e. The van der Waals surface area contributed by atoms with Gasteiger partial charge in [-0.2, -0.15) is 0 Å². The molecule has 0 bridgehead atoms. The molecule has 0 unspecified atom stereocenters. The first-order valence-electron chi connectivity index (χ1n) is 11.6. The molecule has 1 aromatic carbocycles. The first-order chi connectivity index (χ1) is 15.5. The zero-order valence-corrected chi connectivity index (χ0v) is 20.1. The molecule has 2 aliphatic heterocycles. The quantitative estimate of drug-likeness (QED) is 0.699. The zero-order valence-electron chi connectivity index (χ0n) is 19.3. The van der Waals surface area contributed by atoms with Crippen LogP contribution in [0.2, 0.25) is 0 Å². The van der Waals surface area contributed by atoms with E-state index in [1.165, 1.54) is 0 Å². The summed E-state index contributed by atoms with van der Waals surface area (Å²) in [7, 11) is 2.15. The summed E-state index contributed by atoms with van der Waals surface area (Å²) in [5.74, 6) is -0.0678. The molecule has 32 heavy (non-hydrogen) atoms. The molecule has 1 aromatic heterocycles. The van der Waals surface area contributed by atoms with Gasteiger partial charge in [-0.05, 0) is 36.0 Å². The molecular weight excluding hydrogens is 420 g/mol. The molecule has 6 nitrogen and oxygen atoms in total. The fourth-order valence-electron chi connectivity index (χ4n) is 4.76. The van der Waals surface area contributed by atoms with Crippen molar-refractivity contribution < 1.29 is 9.59 Å². The third-order valence-electron chi connectivity index (χ3n) is 6.44. The van der Waals surface area contributed by atoms with E-state index in [0.29, 0.717) is 24.6 Å². The molecule has 1 saturated heterocycles. The topological polar surface area (TPSA) is 55.9 Å². The number of carbonyl (C=O) groups excluding carboxylic acids is 2. The van der Waals surface area contributed by atoms with Crippen LogP contribution in [0.3, 0.4) is 0 Å². The predicted molar refractivity (Wildman–Crippen MR) is 129 cm³/mol. The molecule has 0 spiro atoms. The molecular formula is C25H34N4O2S. The minimum Gasteiger partial charge on any atom is -0.354 e. The van der Waals surface area contributed by atoms with Crippen molar-refractivity contribution in [2.75, 3.05) is 52.9 Å². The van der Waals surface area contributed by atoms with Crippen molar-refractivity contribution in [1.29, 1.82) is 0 Å². The molecule has 172 valence electrons. The van der Waals surface area contributed by atoms with Crippen molar-refractivity contribution in [3.05, 3.63) is 57.8 Å². The van der Waals surface area contributed by atoms with E-state index in [1.54, 1.807) is 11.3 Å². The largest absolute Gasteiger partial charge is 0.354 e. The van der Waals surface area contributed by atoms with Crippen molar-refractivity contribution in [1.82, 2.24) is 20.0 Å². The Bertz CT molecular complexity index is 922. The van der Waals surface area contributed by atoms with E-state index in [2.05, 4.69) is 36.0 Å². The SMILES string of the molecule is CC(C)CN1C(=O)c2ccccc2[C@H](C(=O)NCCN2CCN(C)CC2)[C@@H]1c1cccs1. The maximum atomic E-state index is 13.6. The lowest BCUT2D eigenvalue weighted by Gasteiger charge is -2.42. The van der Waals surface area contributed by atoms with Crippen LogP contribution in [0, 0.1) is 5.92 Å². The molecule has 1 N–H and O–H groups in total. The Morgan fingerprint density at radius 2 is 1.88 bits per heavy atom. The van der Waals surface area contributed by atoms with Crippen molar-refractivity contribution in [3.8, 4) is 0 Å². The lowest BCUT2D eigenvalue weighted by Crippen LogP contribution is -2.50. The highest BCUT2D eigenvalue weighted by Crippen LogP contribution is 2.44. The summed E-state index contributed by atoms with van der Waals surface area (Å²) in [5, 5.41) is 5.23. The van der Waals surface area contributed by atoms with Gasteiger partial charge in [-0.1, -0.05) is 38.1 Å². The molecule has 2 amide bonds. The summed E-state index contributed by atoms with van der Waals surface area (Å²) in [4.78, 5) is 34.8. The van der Waals surface area contributed by atoms with Gasteiger partial charge in [0.2, 0.25) is 5.91 Å².